The molecule has 0 heterocycles. The highest BCUT2D eigenvalue weighted by Crippen LogP contribution is 2.15. The van der Waals surface area contributed by atoms with Gasteiger partial charge in [0.2, 0.25) is 5.91 Å². The van der Waals surface area contributed by atoms with Crippen LogP contribution in [0.5, 0.6) is 0 Å². The molecule has 1 amide bonds. The Morgan fingerprint density at radius 2 is 0.817 bits per heavy atom. The SMILES string of the molecule is CCCCCCCCCCCC/C=C/C(O)C(CO)NC(=O)CCCCCCCCCCCC/C=C\C=C/CCCCCOC(=O)CCCCCCCCCCCCCC. The Kier molecular flexibility index (Phi) is 48.1. The molecule has 0 bridgehead atoms. The zero-order valence-electron chi connectivity index (χ0n) is 39.9. The summed E-state index contributed by atoms with van der Waals surface area (Å²) in [6.45, 7) is 4.85. The molecule has 352 valence electrons. The van der Waals surface area contributed by atoms with Gasteiger partial charge in [-0.05, 0) is 64.2 Å². The fraction of sp³-hybridized carbons (Fsp3) is 0.852. The van der Waals surface area contributed by atoms with Gasteiger partial charge in [0.05, 0.1) is 25.4 Å². The maximum atomic E-state index is 12.4. The summed E-state index contributed by atoms with van der Waals surface area (Å²) in [5, 5.41) is 23.0. The third-order valence-corrected chi connectivity index (χ3v) is 11.9. The number of carbonyl (C=O) groups excluding carboxylic acids is 2. The average Bonchev–Trinajstić information content (AvgIpc) is 3.25. The number of unbranched alkanes of at least 4 members (excludes halogenated alkanes) is 34. The minimum absolute atomic E-state index is 0.0141. The Morgan fingerprint density at radius 1 is 0.467 bits per heavy atom. The first-order valence-corrected chi connectivity index (χ1v) is 26.3. The Labute approximate surface area is 373 Å². The summed E-state index contributed by atoms with van der Waals surface area (Å²) >= 11 is 0. The lowest BCUT2D eigenvalue weighted by Crippen LogP contribution is -2.45. The Balaban J connectivity index is 3.51. The minimum Gasteiger partial charge on any atom is -0.466 e. The van der Waals surface area contributed by atoms with E-state index >= 15 is 0 Å². The van der Waals surface area contributed by atoms with E-state index in [1.807, 2.05) is 6.08 Å². The van der Waals surface area contributed by atoms with Crippen LogP contribution in [0.15, 0.2) is 36.5 Å². The Bertz CT molecular complexity index is 977. The van der Waals surface area contributed by atoms with Crippen LogP contribution in [0.4, 0.5) is 0 Å². The standard InChI is InChI=1S/C54H101NO5/c1-3-5-7-9-11-13-15-26-30-34-38-42-46-52(57)51(50-56)55-53(58)47-43-39-35-31-27-24-22-20-18-17-19-21-23-25-29-33-37-41-45-49-60-54(59)48-44-40-36-32-28-16-14-12-10-8-6-4-2/h21,23,25,29,42,46,51-52,56-57H,3-20,22,24,26-28,30-41,43-45,47-50H2,1-2H3,(H,55,58)/b23-21-,29-25-,46-42+. The molecule has 0 aliphatic rings. The van der Waals surface area contributed by atoms with Crippen LogP contribution < -0.4 is 5.32 Å². The number of hydrogen-bond donors (Lipinski definition) is 3. The van der Waals surface area contributed by atoms with Crippen LogP contribution in [0.2, 0.25) is 0 Å². The number of allylic oxidation sites excluding steroid dienone is 5. The van der Waals surface area contributed by atoms with Crippen LogP contribution in [0.25, 0.3) is 0 Å². The van der Waals surface area contributed by atoms with Gasteiger partial charge < -0.3 is 20.3 Å². The van der Waals surface area contributed by atoms with E-state index in [0.29, 0.717) is 19.4 Å². The molecule has 0 aliphatic heterocycles. The number of hydrogen-bond acceptors (Lipinski definition) is 5. The molecule has 6 nitrogen and oxygen atoms in total. The van der Waals surface area contributed by atoms with Crippen molar-refractivity contribution in [2.75, 3.05) is 13.2 Å². The van der Waals surface area contributed by atoms with Crippen LogP contribution >= 0.6 is 0 Å². The molecule has 0 spiro atoms. The van der Waals surface area contributed by atoms with E-state index in [1.54, 1.807) is 6.08 Å². The van der Waals surface area contributed by atoms with Crippen LogP contribution in [-0.2, 0) is 14.3 Å². The molecule has 0 aromatic rings. The van der Waals surface area contributed by atoms with Crippen molar-refractivity contribution in [3.8, 4) is 0 Å². The average molecular weight is 844 g/mol. The molecule has 0 saturated carbocycles. The number of carbonyl (C=O) groups is 2. The highest BCUT2D eigenvalue weighted by atomic mass is 16.5. The Morgan fingerprint density at radius 3 is 1.23 bits per heavy atom. The van der Waals surface area contributed by atoms with Gasteiger partial charge in [0.1, 0.15) is 0 Å². The number of rotatable bonds is 48. The van der Waals surface area contributed by atoms with E-state index in [-0.39, 0.29) is 18.5 Å². The largest absolute Gasteiger partial charge is 0.466 e. The van der Waals surface area contributed by atoms with Crippen molar-refractivity contribution in [2.24, 2.45) is 0 Å². The highest BCUT2D eigenvalue weighted by molar-refractivity contribution is 5.76. The monoisotopic (exact) mass is 844 g/mol. The van der Waals surface area contributed by atoms with Gasteiger partial charge >= 0.3 is 5.97 Å². The van der Waals surface area contributed by atoms with Crippen LogP contribution in [0.3, 0.4) is 0 Å². The maximum Gasteiger partial charge on any atom is 0.305 e. The van der Waals surface area contributed by atoms with Crippen molar-refractivity contribution in [1.29, 1.82) is 0 Å². The third-order valence-electron chi connectivity index (χ3n) is 11.9. The quantitative estimate of drug-likeness (QED) is 0.0245. The molecule has 2 unspecified atom stereocenters. The lowest BCUT2D eigenvalue weighted by atomic mass is 10.0. The summed E-state index contributed by atoms with van der Waals surface area (Å²) in [5.74, 6) is -0.0933. The fourth-order valence-electron chi connectivity index (χ4n) is 7.86. The van der Waals surface area contributed by atoms with Gasteiger partial charge in [-0.25, -0.2) is 0 Å². The van der Waals surface area contributed by atoms with E-state index in [4.69, 9.17) is 4.74 Å². The molecule has 0 saturated heterocycles. The van der Waals surface area contributed by atoms with E-state index in [1.165, 1.54) is 167 Å². The molecule has 0 rings (SSSR count). The van der Waals surface area contributed by atoms with E-state index in [9.17, 15) is 19.8 Å². The summed E-state index contributed by atoms with van der Waals surface area (Å²) in [6.07, 6.45) is 60.1. The van der Waals surface area contributed by atoms with Gasteiger partial charge in [0.25, 0.3) is 0 Å². The van der Waals surface area contributed by atoms with Gasteiger partial charge in [-0.1, -0.05) is 230 Å². The van der Waals surface area contributed by atoms with Crippen molar-refractivity contribution >= 4 is 11.9 Å². The summed E-state index contributed by atoms with van der Waals surface area (Å²) in [6, 6.07) is -0.634. The summed E-state index contributed by atoms with van der Waals surface area (Å²) in [4.78, 5) is 24.4. The van der Waals surface area contributed by atoms with Crippen molar-refractivity contribution in [3.05, 3.63) is 36.5 Å². The molecular weight excluding hydrogens is 743 g/mol. The van der Waals surface area contributed by atoms with Crippen LogP contribution in [0, 0.1) is 0 Å². The number of amides is 1. The summed E-state index contributed by atoms with van der Waals surface area (Å²) in [5.41, 5.74) is 0. The predicted octanol–water partition coefficient (Wildman–Crippen LogP) is 15.7. The second kappa shape index (κ2) is 49.7. The number of esters is 1. The van der Waals surface area contributed by atoms with E-state index < -0.39 is 12.1 Å². The summed E-state index contributed by atoms with van der Waals surface area (Å²) < 4.78 is 5.43. The van der Waals surface area contributed by atoms with Crippen molar-refractivity contribution in [3.63, 3.8) is 0 Å². The molecule has 0 radical (unpaired) electrons. The molecule has 3 N–H and O–H groups in total. The highest BCUT2D eigenvalue weighted by Gasteiger charge is 2.18. The first kappa shape index (κ1) is 58.1. The maximum absolute atomic E-state index is 12.4. The Hall–Kier alpha value is -1.92. The van der Waals surface area contributed by atoms with E-state index in [2.05, 4.69) is 43.5 Å². The zero-order valence-corrected chi connectivity index (χ0v) is 39.9. The molecule has 60 heavy (non-hydrogen) atoms. The molecule has 0 fully saturated rings. The fourth-order valence-corrected chi connectivity index (χ4v) is 7.86. The topological polar surface area (TPSA) is 95.9 Å². The predicted molar refractivity (Wildman–Crippen MR) is 259 cm³/mol. The normalized spacial score (nSPS) is 12.9. The zero-order chi connectivity index (χ0) is 43.7. The lowest BCUT2D eigenvalue weighted by molar-refractivity contribution is -0.143. The first-order valence-electron chi connectivity index (χ1n) is 26.3. The van der Waals surface area contributed by atoms with Crippen LogP contribution in [-0.4, -0.2) is 47.4 Å². The van der Waals surface area contributed by atoms with Gasteiger partial charge in [0, 0.05) is 12.8 Å². The van der Waals surface area contributed by atoms with Gasteiger partial charge in [-0.2, -0.15) is 0 Å². The second-order valence-corrected chi connectivity index (χ2v) is 17.9. The van der Waals surface area contributed by atoms with E-state index in [0.717, 1.165) is 77.0 Å². The van der Waals surface area contributed by atoms with Crippen molar-refractivity contribution < 1.29 is 24.5 Å². The van der Waals surface area contributed by atoms with Gasteiger partial charge in [-0.15, -0.1) is 0 Å². The van der Waals surface area contributed by atoms with Gasteiger partial charge in [0.15, 0.2) is 0 Å². The van der Waals surface area contributed by atoms with Crippen LogP contribution in [0.1, 0.15) is 271 Å². The molecular formula is C54H101NO5. The smallest absolute Gasteiger partial charge is 0.305 e. The molecule has 2 atom stereocenters. The molecule has 0 aromatic heterocycles. The first-order chi connectivity index (χ1) is 29.5. The number of aliphatic hydroxyl groups excluding tert-OH is 2. The molecule has 6 heteroatoms. The van der Waals surface area contributed by atoms with Crippen molar-refractivity contribution in [1.82, 2.24) is 5.32 Å². The molecule has 0 aromatic carbocycles. The lowest BCUT2D eigenvalue weighted by Gasteiger charge is -2.20. The minimum atomic E-state index is -0.850. The summed E-state index contributed by atoms with van der Waals surface area (Å²) in [7, 11) is 0. The number of nitrogens with one attached hydrogen (secondary N) is 1. The second-order valence-electron chi connectivity index (χ2n) is 17.9. The van der Waals surface area contributed by atoms with Crippen molar-refractivity contribution in [2.45, 2.75) is 283 Å². The van der Waals surface area contributed by atoms with Gasteiger partial charge in [-0.3, -0.25) is 9.59 Å². The number of ether oxygens (including phenoxy) is 1. The third kappa shape index (κ3) is 45.6. The number of aliphatic hydroxyl groups is 2. The molecule has 0 aliphatic carbocycles.